The maximum Gasteiger partial charge on any atom is 0.137 e. The van der Waals surface area contributed by atoms with Crippen molar-refractivity contribution in [3.8, 4) is 0 Å². The van der Waals surface area contributed by atoms with Crippen molar-refractivity contribution in [2.45, 2.75) is 13.8 Å². The number of rotatable bonds is 6. The van der Waals surface area contributed by atoms with Crippen molar-refractivity contribution < 1.29 is 0 Å². The number of nitrogens with zero attached hydrogens (tertiary/aromatic N) is 4. The molecule has 0 spiro atoms. The molecule has 2 N–H and O–H groups in total. The molecule has 0 saturated carbocycles. The van der Waals surface area contributed by atoms with Gasteiger partial charge in [0.2, 0.25) is 0 Å². The summed E-state index contributed by atoms with van der Waals surface area (Å²) in [5.74, 6) is 0. The predicted octanol–water partition coefficient (Wildman–Crippen LogP) is 4.93. The summed E-state index contributed by atoms with van der Waals surface area (Å²) in [6, 6.07) is 12.6. The van der Waals surface area contributed by atoms with E-state index < -0.39 is 0 Å². The zero-order chi connectivity index (χ0) is 15.9. The Morgan fingerprint density at radius 1 is 0.955 bits per heavy atom. The van der Waals surface area contributed by atoms with E-state index in [1.54, 1.807) is 12.1 Å². The van der Waals surface area contributed by atoms with Crippen LogP contribution in [0, 0.1) is 4.91 Å². The molecule has 6 nitrogen and oxygen atoms in total. The van der Waals surface area contributed by atoms with Crippen molar-refractivity contribution in [3.05, 3.63) is 47.4 Å². The molecule has 2 aromatic carbocycles. The second kappa shape index (κ2) is 7.31. The molecule has 0 saturated heterocycles. The highest BCUT2D eigenvalue weighted by atomic mass is 16.3. The number of azo groups is 1. The average molecular weight is 297 g/mol. The van der Waals surface area contributed by atoms with E-state index in [9.17, 15) is 4.91 Å². The number of hydrogen-bond donors (Lipinski definition) is 1. The van der Waals surface area contributed by atoms with Gasteiger partial charge in [-0.1, -0.05) is 0 Å². The van der Waals surface area contributed by atoms with Crippen LogP contribution < -0.4 is 10.6 Å². The third kappa shape index (κ3) is 3.66. The molecule has 22 heavy (non-hydrogen) atoms. The third-order valence-electron chi connectivity index (χ3n) is 3.35. The normalized spacial score (nSPS) is 10.8. The minimum atomic E-state index is 0.184. The first-order valence-electron chi connectivity index (χ1n) is 7.17. The first-order chi connectivity index (χ1) is 10.7. The Hall–Kier alpha value is -2.76. The van der Waals surface area contributed by atoms with E-state index in [2.05, 4.69) is 34.2 Å². The SMILES string of the molecule is CCN(CC)c1ccc(N=Nc2ccc(N)cc2N=O)cc1. The van der Waals surface area contributed by atoms with Gasteiger partial charge in [0, 0.05) is 24.5 Å². The maximum atomic E-state index is 10.8. The lowest BCUT2D eigenvalue weighted by atomic mass is 10.2. The summed E-state index contributed by atoms with van der Waals surface area (Å²) < 4.78 is 0. The predicted molar refractivity (Wildman–Crippen MR) is 90.5 cm³/mol. The van der Waals surface area contributed by atoms with Gasteiger partial charge in [-0.05, 0) is 61.5 Å². The molecule has 0 radical (unpaired) electrons. The minimum Gasteiger partial charge on any atom is -0.399 e. The Morgan fingerprint density at radius 2 is 1.64 bits per heavy atom. The standard InChI is InChI=1S/C16H19N5O/c1-3-21(4-2)14-8-6-13(7-9-14)18-19-15-10-5-12(17)11-16(15)20-22/h5-11H,3-4,17H2,1-2H3. The van der Waals surface area contributed by atoms with Crippen LogP contribution in [0.2, 0.25) is 0 Å². The maximum absolute atomic E-state index is 10.8. The summed E-state index contributed by atoms with van der Waals surface area (Å²) in [5.41, 5.74) is 8.52. The van der Waals surface area contributed by atoms with Crippen LogP contribution >= 0.6 is 0 Å². The molecule has 0 aliphatic carbocycles. The van der Waals surface area contributed by atoms with Crippen LogP contribution in [0.1, 0.15) is 13.8 Å². The average Bonchev–Trinajstić information content (AvgIpc) is 2.56. The number of anilines is 2. The molecular formula is C16H19N5O. The van der Waals surface area contributed by atoms with Crippen molar-refractivity contribution in [3.63, 3.8) is 0 Å². The van der Waals surface area contributed by atoms with Crippen LogP contribution in [0.5, 0.6) is 0 Å². The first-order valence-corrected chi connectivity index (χ1v) is 7.17. The fraction of sp³-hybridized carbons (Fsp3) is 0.250. The molecule has 2 aromatic rings. The van der Waals surface area contributed by atoms with Crippen molar-refractivity contribution in [1.82, 2.24) is 0 Å². The molecule has 0 fully saturated rings. The quantitative estimate of drug-likeness (QED) is 0.466. The number of nitrogen functional groups attached to an aromatic ring is 1. The highest BCUT2D eigenvalue weighted by Crippen LogP contribution is 2.31. The number of nitroso groups, excluding NO2 is 1. The Kier molecular flexibility index (Phi) is 5.19. The van der Waals surface area contributed by atoms with Crippen LogP contribution in [0.25, 0.3) is 0 Å². The van der Waals surface area contributed by atoms with Crippen LogP contribution in [0.15, 0.2) is 57.9 Å². The van der Waals surface area contributed by atoms with Crippen LogP contribution in [-0.2, 0) is 0 Å². The Bertz CT molecular complexity index is 663. The van der Waals surface area contributed by atoms with Crippen molar-refractivity contribution in [1.29, 1.82) is 0 Å². The molecule has 6 heteroatoms. The molecular weight excluding hydrogens is 278 g/mol. The zero-order valence-corrected chi connectivity index (χ0v) is 12.7. The van der Waals surface area contributed by atoms with Gasteiger partial charge in [-0.3, -0.25) is 0 Å². The second-order valence-electron chi connectivity index (χ2n) is 4.73. The third-order valence-corrected chi connectivity index (χ3v) is 3.35. The molecule has 0 atom stereocenters. The summed E-state index contributed by atoms with van der Waals surface area (Å²) >= 11 is 0. The zero-order valence-electron chi connectivity index (χ0n) is 12.7. The van der Waals surface area contributed by atoms with Gasteiger partial charge in [0.25, 0.3) is 0 Å². The number of nitrogens with two attached hydrogens (primary N) is 1. The largest absolute Gasteiger partial charge is 0.399 e. The van der Waals surface area contributed by atoms with Gasteiger partial charge in [-0.15, -0.1) is 10.0 Å². The van der Waals surface area contributed by atoms with Crippen molar-refractivity contribution >= 4 is 28.4 Å². The van der Waals surface area contributed by atoms with Gasteiger partial charge in [0.1, 0.15) is 11.4 Å². The first kappa shape index (κ1) is 15.6. The highest BCUT2D eigenvalue weighted by Gasteiger charge is 2.03. The Balaban J connectivity index is 2.18. The molecule has 0 aliphatic heterocycles. The lowest BCUT2D eigenvalue weighted by molar-refractivity contribution is 0.866. The molecule has 0 aromatic heterocycles. The van der Waals surface area contributed by atoms with Gasteiger partial charge in [-0.25, -0.2) is 0 Å². The Morgan fingerprint density at radius 3 is 2.23 bits per heavy atom. The van der Waals surface area contributed by atoms with E-state index in [0.29, 0.717) is 17.1 Å². The number of benzene rings is 2. The summed E-state index contributed by atoms with van der Waals surface area (Å²) in [6.45, 7) is 6.15. The highest BCUT2D eigenvalue weighted by molar-refractivity contribution is 5.67. The summed E-state index contributed by atoms with van der Waals surface area (Å²) in [7, 11) is 0. The van der Waals surface area contributed by atoms with Crippen LogP contribution in [0.4, 0.5) is 28.4 Å². The fourth-order valence-electron chi connectivity index (χ4n) is 2.13. The lowest BCUT2D eigenvalue weighted by Gasteiger charge is -2.20. The summed E-state index contributed by atoms with van der Waals surface area (Å²) in [4.78, 5) is 13.0. The molecule has 0 bridgehead atoms. The Labute approximate surface area is 129 Å². The molecule has 0 amide bonds. The van der Waals surface area contributed by atoms with E-state index in [4.69, 9.17) is 5.73 Å². The molecule has 2 rings (SSSR count). The topological polar surface area (TPSA) is 83.4 Å². The summed E-state index contributed by atoms with van der Waals surface area (Å²) in [6.07, 6.45) is 0. The minimum absolute atomic E-state index is 0.184. The number of hydrogen-bond acceptors (Lipinski definition) is 6. The molecule has 0 unspecified atom stereocenters. The second-order valence-corrected chi connectivity index (χ2v) is 4.73. The van der Waals surface area contributed by atoms with E-state index in [1.165, 1.54) is 6.07 Å². The smallest absolute Gasteiger partial charge is 0.137 e. The van der Waals surface area contributed by atoms with Gasteiger partial charge >= 0.3 is 0 Å². The van der Waals surface area contributed by atoms with E-state index >= 15 is 0 Å². The van der Waals surface area contributed by atoms with E-state index in [0.717, 1.165) is 18.8 Å². The van der Waals surface area contributed by atoms with Crippen molar-refractivity contribution in [2.75, 3.05) is 23.7 Å². The van der Waals surface area contributed by atoms with Gasteiger partial charge in [0.05, 0.1) is 5.69 Å². The molecule has 0 heterocycles. The molecule has 0 aliphatic rings. The van der Waals surface area contributed by atoms with E-state index in [1.807, 2.05) is 24.3 Å². The monoisotopic (exact) mass is 297 g/mol. The lowest BCUT2D eigenvalue weighted by Crippen LogP contribution is -2.21. The fourth-order valence-corrected chi connectivity index (χ4v) is 2.13. The summed E-state index contributed by atoms with van der Waals surface area (Å²) in [5, 5.41) is 11.1. The van der Waals surface area contributed by atoms with Crippen molar-refractivity contribution in [2.24, 2.45) is 15.4 Å². The van der Waals surface area contributed by atoms with Crippen LogP contribution in [0.3, 0.4) is 0 Å². The van der Waals surface area contributed by atoms with Gasteiger partial charge in [-0.2, -0.15) is 5.11 Å². The molecule has 114 valence electrons. The van der Waals surface area contributed by atoms with Crippen LogP contribution in [-0.4, -0.2) is 13.1 Å². The van der Waals surface area contributed by atoms with Gasteiger partial charge < -0.3 is 10.6 Å². The van der Waals surface area contributed by atoms with Gasteiger partial charge in [0.15, 0.2) is 0 Å². The van der Waals surface area contributed by atoms with E-state index in [-0.39, 0.29) is 5.69 Å².